The van der Waals surface area contributed by atoms with Gasteiger partial charge in [-0.05, 0) is 38.0 Å². The predicted molar refractivity (Wildman–Crippen MR) is 87.4 cm³/mol. The molecule has 0 atom stereocenters. The number of carboxylic acid groups (broad SMARTS) is 1. The molecule has 23 heavy (non-hydrogen) atoms. The molecule has 2 aliphatic rings. The normalized spacial score (nSPS) is 18.1. The van der Waals surface area contributed by atoms with Gasteiger partial charge in [-0.25, -0.2) is 4.79 Å². The Morgan fingerprint density at radius 1 is 1.35 bits per heavy atom. The van der Waals surface area contributed by atoms with Gasteiger partial charge >= 0.3 is 5.97 Å². The summed E-state index contributed by atoms with van der Waals surface area (Å²) in [5, 5.41) is 14.7. The molecule has 116 valence electrons. The summed E-state index contributed by atoms with van der Waals surface area (Å²) in [6.45, 7) is 1.86. The summed E-state index contributed by atoms with van der Waals surface area (Å²) in [5.41, 5.74) is 4.80. The van der Waals surface area contributed by atoms with Gasteiger partial charge in [-0.15, -0.1) is 0 Å². The standard InChI is InChI=1S/C17H15N3O3/c1-8-12(7-13-15(9-2-3-9)19-20-16(13)21)11-5-4-10(17(22)23)6-14(11)18-8/h4-7,9H,2-3H2,1H3,(H,22,23)(H2,19,20,21). The van der Waals surface area contributed by atoms with Gasteiger partial charge in [0.2, 0.25) is 0 Å². The molecule has 1 aromatic carbocycles. The summed E-state index contributed by atoms with van der Waals surface area (Å²) >= 11 is 0. The maximum Gasteiger partial charge on any atom is 0.335 e. The number of allylic oxidation sites excluding steroid dienone is 1. The van der Waals surface area contributed by atoms with Crippen LogP contribution in [-0.2, 0) is 0 Å². The van der Waals surface area contributed by atoms with Crippen molar-refractivity contribution in [3.63, 3.8) is 0 Å². The van der Waals surface area contributed by atoms with E-state index in [0.29, 0.717) is 17.2 Å². The highest BCUT2D eigenvalue weighted by atomic mass is 16.4. The van der Waals surface area contributed by atoms with Crippen molar-refractivity contribution in [3.05, 3.63) is 50.9 Å². The van der Waals surface area contributed by atoms with Crippen LogP contribution in [0.15, 0.2) is 28.0 Å². The van der Waals surface area contributed by atoms with E-state index in [-0.39, 0.29) is 11.1 Å². The molecule has 1 aliphatic heterocycles. The molecular formula is C17H15N3O3. The topological polar surface area (TPSA) is 98.3 Å². The van der Waals surface area contributed by atoms with E-state index in [4.69, 9.17) is 5.11 Å². The number of hydrogen-bond donors (Lipinski definition) is 3. The lowest BCUT2D eigenvalue weighted by molar-refractivity contribution is 0.0697. The molecule has 1 saturated carbocycles. The Morgan fingerprint density at radius 2 is 2.13 bits per heavy atom. The second kappa shape index (κ2) is 4.81. The van der Waals surface area contributed by atoms with E-state index in [2.05, 4.69) is 15.2 Å². The number of benzene rings is 1. The van der Waals surface area contributed by atoms with Crippen LogP contribution in [0.4, 0.5) is 5.69 Å². The Bertz CT molecular complexity index is 942. The van der Waals surface area contributed by atoms with Crippen LogP contribution in [0.1, 0.15) is 52.9 Å². The van der Waals surface area contributed by atoms with E-state index >= 15 is 0 Å². The zero-order chi connectivity index (χ0) is 16.1. The molecule has 0 unspecified atom stereocenters. The fourth-order valence-corrected chi connectivity index (χ4v) is 2.97. The molecule has 6 nitrogen and oxygen atoms in total. The van der Waals surface area contributed by atoms with Gasteiger partial charge in [0.25, 0.3) is 5.56 Å². The van der Waals surface area contributed by atoms with Crippen molar-refractivity contribution >= 4 is 29.0 Å². The molecule has 2 aromatic rings. The zero-order valence-corrected chi connectivity index (χ0v) is 12.5. The lowest BCUT2D eigenvalue weighted by atomic mass is 9.99. The number of aromatic amines is 2. The molecule has 6 heteroatoms. The third-order valence-electron chi connectivity index (χ3n) is 4.33. The lowest BCUT2D eigenvalue weighted by Gasteiger charge is -2.03. The van der Waals surface area contributed by atoms with Crippen molar-refractivity contribution in [3.8, 4) is 0 Å². The van der Waals surface area contributed by atoms with Crippen LogP contribution in [0, 0.1) is 0 Å². The second-order valence-electron chi connectivity index (χ2n) is 5.97. The Morgan fingerprint density at radius 3 is 2.83 bits per heavy atom. The van der Waals surface area contributed by atoms with Crippen molar-refractivity contribution in [2.24, 2.45) is 4.99 Å². The van der Waals surface area contributed by atoms with Gasteiger partial charge in [0.15, 0.2) is 0 Å². The van der Waals surface area contributed by atoms with Gasteiger partial charge in [-0.3, -0.25) is 14.9 Å². The Kier molecular flexibility index (Phi) is 2.87. The summed E-state index contributed by atoms with van der Waals surface area (Å²) in [4.78, 5) is 27.6. The Labute approximate surface area is 131 Å². The molecule has 0 bridgehead atoms. The summed E-state index contributed by atoms with van der Waals surface area (Å²) in [6, 6.07) is 4.87. The predicted octanol–water partition coefficient (Wildman–Crippen LogP) is 2.93. The Hall–Kier alpha value is -2.89. The number of H-pyrrole nitrogens is 2. The number of aromatic carboxylic acids is 1. The van der Waals surface area contributed by atoms with Gasteiger partial charge in [0.1, 0.15) is 0 Å². The number of nitrogens with zero attached hydrogens (tertiary/aromatic N) is 1. The highest BCUT2D eigenvalue weighted by Gasteiger charge is 2.29. The molecule has 0 radical (unpaired) electrons. The summed E-state index contributed by atoms with van der Waals surface area (Å²) in [5.74, 6) is -0.551. The molecule has 1 aliphatic carbocycles. The fourth-order valence-electron chi connectivity index (χ4n) is 2.97. The van der Waals surface area contributed by atoms with E-state index in [9.17, 15) is 9.59 Å². The summed E-state index contributed by atoms with van der Waals surface area (Å²) in [7, 11) is 0. The minimum Gasteiger partial charge on any atom is -0.478 e. The number of carboxylic acids is 1. The van der Waals surface area contributed by atoms with E-state index in [1.165, 1.54) is 0 Å². The van der Waals surface area contributed by atoms with Gasteiger partial charge in [-0.1, -0.05) is 6.07 Å². The van der Waals surface area contributed by atoms with Crippen molar-refractivity contribution in [1.29, 1.82) is 0 Å². The first-order valence-corrected chi connectivity index (χ1v) is 7.50. The molecule has 0 saturated heterocycles. The van der Waals surface area contributed by atoms with E-state index in [1.807, 2.05) is 13.0 Å². The highest BCUT2D eigenvalue weighted by molar-refractivity contribution is 6.31. The molecule has 0 amide bonds. The first-order valence-electron chi connectivity index (χ1n) is 7.50. The number of nitrogens with one attached hydrogen (secondary N) is 2. The van der Waals surface area contributed by atoms with Crippen molar-refractivity contribution in [1.82, 2.24) is 10.2 Å². The minimum absolute atomic E-state index is 0.136. The number of fused-ring (bicyclic) bond motifs is 1. The van der Waals surface area contributed by atoms with Crippen LogP contribution in [0.5, 0.6) is 0 Å². The fraction of sp³-hybridized carbons (Fsp3) is 0.235. The first kappa shape index (κ1) is 13.8. The van der Waals surface area contributed by atoms with Gasteiger partial charge in [0.05, 0.1) is 16.8 Å². The van der Waals surface area contributed by atoms with E-state index in [0.717, 1.165) is 35.4 Å². The van der Waals surface area contributed by atoms with E-state index in [1.54, 1.807) is 18.2 Å². The smallest absolute Gasteiger partial charge is 0.335 e. The van der Waals surface area contributed by atoms with Crippen LogP contribution in [0.3, 0.4) is 0 Å². The van der Waals surface area contributed by atoms with Crippen molar-refractivity contribution in [2.75, 3.05) is 0 Å². The zero-order valence-electron chi connectivity index (χ0n) is 12.5. The number of aliphatic imine (C=N–C) groups is 1. The monoisotopic (exact) mass is 309 g/mol. The van der Waals surface area contributed by atoms with E-state index < -0.39 is 5.97 Å². The molecule has 2 heterocycles. The molecule has 4 rings (SSSR count). The number of carbonyl (C=O) groups is 1. The second-order valence-corrected chi connectivity index (χ2v) is 5.97. The van der Waals surface area contributed by atoms with Crippen LogP contribution < -0.4 is 5.56 Å². The maximum absolute atomic E-state index is 12.1. The highest BCUT2D eigenvalue weighted by Crippen LogP contribution is 2.41. The average Bonchev–Trinajstić information content (AvgIpc) is 3.23. The number of aromatic nitrogens is 2. The third-order valence-corrected chi connectivity index (χ3v) is 4.33. The van der Waals surface area contributed by atoms with Gasteiger partial charge < -0.3 is 10.2 Å². The van der Waals surface area contributed by atoms with Crippen LogP contribution in [-0.4, -0.2) is 27.0 Å². The molecule has 1 fully saturated rings. The number of hydrogen-bond acceptors (Lipinski definition) is 3. The Balaban J connectivity index is 1.83. The quantitative estimate of drug-likeness (QED) is 0.813. The van der Waals surface area contributed by atoms with Gasteiger partial charge in [0, 0.05) is 28.5 Å². The third kappa shape index (κ3) is 2.23. The molecule has 0 spiro atoms. The largest absolute Gasteiger partial charge is 0.478 e. The number of rotatable bonds is 3. The van der Waals surface area contributed by atoms with Crippen molar-refractivity contribution in [2.45, 2.75) is 25.7 Å². The minimum atomic E-state index is -0.976. The molecule has 1 aromatic heterocycles. The first-order chi connectivity index (χ1) is 11.0. The summed E-state index contributed by atoms with van der Waals surface area (Å²) in [6.07, 6.45) is 4.04. The average molecular weight is 309 g/mol. The summed E-state index contributed by atoms with van der Waals surface area (Å²) < 4.78 is 0. The van der Waals surface area contributed by atoms with Crippen LogP contribution in [0.25, 0.3) is 11.6 Å². The lowest BCUT2D eigenvalue weighted by Crippen LogP contribution is -2.03. The van der Waals surface area contributed by atoms with Crippen molar-refractivity contribution < 1.29 is 9.90 Å². The molecule has 3 N–H and O–H groups in total. The SMILES string of the molecule is CC1=Nc2cc(C(=O)O)ccc2C1=Cc1c(C2CC2)[nH][nH]c1=O. The maximum atomic E-state index is 12.1. The van der Waals surface area contributed by atoms with Crippen LogP contribution in [0.2, 0.25) is 0 Å². The van der Waals surface area contributed by atoms with Gasteiger partial charge in [-0.2, -0.15) is 0 Å². The van der Waals surface area contributed by atoms with Crippen LogP contribution >= 0.6 is 0 Å². The molecular weight excluding hydrogens is 294 g/mol.